The first-order valence-electron chi connectivity index (χ1n) is 6.23. The molecule has 0 radical (unpaired) electrons. The Labute approximate surface area is 128 Å². The first kappa shape index (κ1) is 17.0. The number of benzene rings is 1. The van der Waals surface area contributed by atoms with Gasteiger partial charge in [-0.3, -0.25) is 4.79 Å². The fourth-order valence-electron chi connectivity index (χ4n) is 1.43. The molecule has 0 spiro atoms. The van der Waals surface area contributed by atoms with Crippen molar-refractivity contribution in [3.8, 4) is 0 Å². The average Bonchev–Trinajstić information content (AvgIpc) is 2.44. The molecule has 0 aromatic heterocycles. The molecule has 20 heavy (non-hydrogen) atoms. The summed E-state index contributed by atoms with van der Waals surface area (Å²) in [6.45, 7) is 1.35. The number of carbonyl (C=O) groups is 1. The van der Waals surface area contributed by atoms with E-state index in [9.17, 15) is 4.79 Å². The van der Waals surface area contributed by atoms with Crippen LogP contribution in [0.5, 0.6) is 0 Å². The zero-order valence-corrected chi connectivity index (χ0v) is 12.5. The van der Waals surface area contributed by atoms with Crippen LogP contribution in [-0.2, 0) is 9.53 Å². The van der Waals surface area contributed by atoms with Crippen molar-refractivity contribution in [1.29, 1.82) is 0 Å². The van der Waals surface area contributed by atoms with Crippen LogP contribution in [0.3, 0.4) is 0 Å². The summed E-state index contributed by atoms with van der Waals surface area (Å²) in [5.74, 6) is -0.205. The lowest BCUT2D eigenvalue weighted by Crippen LogP contribution is -2.23. The molecule has 0 atom stereocenters. The number of amides is 1. The van der Waals surface area contributed by atoms with Gasteiger partial charge in [-0.2, -0.15) is 0 Å². The maximum Gasteiger partial charge on any atom is 0.244 e. The second kappa shape index (κ2) is 9.77. The summed E-state index contributed by atoms with van der Waals surface area (Å²) in [7, 11) is 0. The van der Waals surface area contributed by atoms with Gasteiger partial charge in [0, 0.05) is 19.2 Å². The molecule has 1 rings (SSSR count). The molecule has 110 valence electrons. The molecular formula is C14H17Cl2NO3. The predicted octanol–water partition coefficient (Wildman–Crippen LogP) is 2.52. The van der Waals surface area contributed by atoms with E-state index in [1.54, 1.807) is 24.3 Å². The lowest BCUT2D eigenvalue weighted by atomic mass is 10.2. The second-order valence-corrected chi connectivity index (χ2v) is 4.74. The molecule has 2 N–H and O–H groups in total. The van der Waals surface area contributed by atoms with Gasteiger partial charge in [-0.05, 0) is 24.1 Å². The Balaban J connectivity index is 2.31. The normalized spacial score (nSPS) is 10.9. The van der Waals surface area contributed by atoms with Crippen molar-refractivity contribution in [2.75, 3.05) is 26.4 Å². The molecule has 0 saturated carbocycles. The van der Waals surface area contributed by atoms with Crippen LogP contribution in [0.1, 0.15) is 12.0 Å². The van der Waals surface area contributed by atoms with E-state index >= 15 is 0 Å². The number of rotatable bonds is 8. The Bertz CT molecular complexity index is 464. The van der Waals surface area contributed by atoms with Gasteiger partial charge in [0.15, 0.2) is 0 Å². The Morgan fingerprint density at radius 3 is 2.90 bits per heavy atom. The maximum atomic E-state index is 11.5. The number of ether oxygens (including phenoxy) is 1. The van der Waals surface area contributed by atoms with E-state index in [4.69, 9.17) is 33.0 Å². The van der Waals surface area contributed by atoms with Gasteiger partial charge in [0.25, 0.3) is 0 Å². The molecule has 1 amide bonds. The molecular weight excluding hydrogens is 301 g/mol. The minimum atomic E-state index is -0.205. The number of aliphatic hydroxyl groups excluding tert-OH is 1. The largest absolute Gasteiger partial charge is 0.394 e. The van der Waals surface area contributed by atoms with Crippen LogP contribution in [0.4, 0.5) is 0 Å². The summed E-state index contributed by atoms with van der Waals surface area (Å²) in [6, 6.07) is 5.23. The molecule has 0 aliphatic carbocycles. The number of aliphatic hydroxyl groups is 1. The summed E-state index contributed by atoms with van der Waals surface area (Å²) in [6.07, 6.45) is 3.72. The van der Waals surface area contributed by atoms with E-state index in [0.717, 1.165) is 0 Å². The first-order valence-corrected chi connectivity index (χ1v) is 6.99. The molecule has 0 unspecified atom stereocenters. The molecule has 0 aliphatic rings. The third-order valence-electron chi connectivity index (χ3n) is 2.40. The second-order valence-electron chi connectivity index (χ2n) is 3.96. The zero-order chi connectivity index (χ0) is 14.8. The van der Waals surface area contributed by atoms with Crippen LogP contribution >= 0.6 is 23.2 Å². The summed E-state index contributed by atoms with van der Waals surface area (Å²) in [5, 5.41) is 12.1. The van der Waals surface area contributed by atoms with E-state index in [-0.39, 0.29) is 12.5 Å². The smallest absolute Gasteiger partial charge is 0.244 e. The standard InChI is InChI=1S/C14H17Cl2NO3/c15-12-4-1-3-11(14(12)16)5-6-13(19)17-7-2-9-20-10-8-18/h1,3-6,18H,2,7-10H2,(H,17,19)/b6-5+. The van der Waals surface area contributed by atoms with E-state index in [0.29, 0.717) is 41.8 Å². The molecule has 0 aliphatic heterocycles. The fourth-order valence-corrected chi connectivity index (χ4v) is 1.80. The highest BCUT2D eigenvalue weighted by atomic mass is 35.5. The van der Waals surface area contributed by atoms with Crippen molar-refractivity contribution >= 4 is 35.2 Å². The Morgan fingerprint density at radius 2 is 2.15 bits per heavy atom. The molecule has 0 bridgehead atoms. The van der Waals surface area contributed by atoms with Gasteiger partial charge in [-0.25, -0.2) is 0 Å². The maximum absolute atomic E-state index is 11.5. The number of hydrogen-bond acceptors (Lipinski definition) is 3. The molecule has 0 saturated heterocycles. The number of hydrogen-bond donors (Lipinski definition) is 2. The Morgan fingerprint density at radius 1 is 1.35 bits per heavy atom. The summed E-state index contributed by atoms with van der Waals surface area (Å²) >= 11 is 11.9. The summed E-state index contributed by atoms with van der Waals surface area (Å²) < 4.78 is 5.07. The van der Waals surface area contributed by atoms with Crippen molar-refractivity contribution < 1.29 is 14.6 Å². The van der Waals surface area contributed by atoms with Gasteiger partial charge in [-0.1, -0.05) is 35.3 Å². The van der Waals surface area contributed by atoms with E-state index < -0.39 is 0 Å². The van der Waals surface area contributed by atoms with Crippen LogP contribution in [-0.4, -0.2) is 37.4 Å². The monoisotopic (exact) mass is 317 g/mol. The first-order chi connectivity index (χ1) is 9.65. The van der Waals surface area contributed by atoms with E-state index in [1.165, 1.54) is 6.08 Å². The zero-order valence-electron chi connectivity index (χ0n) is 10.9. The topological polar surface area (TPSA) is 58.6 Å². The average molecular weight is 318 g/mol. The molecule has 6 heteroatoms. The molecule has 1 aromatic carbocycles. The van der Waals surface area contributed by atoms with Gasteiger partial charge in [0.1, 0.15) is 0 Å². The third-order valence-corrected chi connectivity index (χ3v) is 3.23. The van der Waals surface area contributed by atoms with Crippen LogP contribution < -0.4 is 5.32 Å². The van der Waals surface area contributed by atoms with Crippen LogP contribution in [0.25, 0.3) is 6.08 Å². The fraction of sp³-hybridized carbons (Fsp3) is 0.357. The number of carbonyl (C=O) groups excluding carboxylic acids is 1. The molecule has 0 fully saturated rings. The van der Waals surface area contributed by atoms with Gasteiger partial charge in [-0.15, -0.1) is 0 Å². The van der Waals surface area contributed by atoms with Gasteiger partial charge >= 0.3 is 0 Å². The van der Waals surface area contributed by atoms with Gasteiger partial charge < -0.3 is 15.2 Å². The lowest BCUT2D eigenvalue weighted by Gasteiger charge is -2.03. The predicted molar refractivity (Wildman–Crippen MR) is 81.0 cm³/mol. The van der Waals surface area contributed by atoms with E-state index in [2.05, 4.69) is 5.32 Å². The summed E-state index contributed by atoms with van der Waals surface area (Å²) in [4.78, 5) is 11.5. The summed E-state index contributed by atoms with van der Waals surface area (Å²) in [5.41, 5.74) is 0.695. The van der Waals surface area contributed by atoms with Crippen molar-refractivity contribution in [1.82, 2.24) is 5.32 Å². The molecule has 1 aromatic rings. The number of halogens is 2. The van der Waals surface area contributed by atoms with Crippen molar-refractivity contribution in [2.24, 2.45) is 0 Å². The quantitative estimate of drug-likeness (QED) is 0.572. The highest BCUT2D eigenvalue weighted by Gasteiger charge is 2.01. The lowest BCUT2D eigenvalue weighted by molar-refractivity contribution is -0.116. The van der Waals surface area contributed by atoms with Crippen LogP contribution in [0, 0.1) is 0 Å². The van der Waals surface area contributed by atoms with Crippen LogP contribution in [0.2, 0.25) is 10.0 Å². The SMILES string of the molecule is O=C(/C=C/c1cccc(Cl)c1Cl)NCCCOCCO. The minimum Gasteiger partial charge on any atom is -0.394 e. The molecule has 4 nitrogen and oxygen atoms in total. The number of nitrogens with one attached hydrogen (secondary N) is 1. The Kier molecular flexibility index (Phi) is 8.30. The highest BCUT2D eigenvalue weighted by Crippen LogP contribution is 2.26. The van der Waals surface area contributed by atoms with E-state index in [1.807, 2.05) is 0 Å². The highest BCUT2D eigenvalue weighted by molar-refractivity contribution is 6.42. The van der Waals surface area contributed by atoms with Gasteiger partial charge in [0.2, 0.25) is 5.91 Å². The van der Waals surface area contributed by atoms with Crippen molar-refractivity contribution in [2.45, 2.75) is 6.42 Å². The van der Waals surface area contributed by atoms with Crippen molar-refractivity contribution in [3.63, 3.8) is 0 Å². The van der Waals surface area contributed by atoms with Gasteiger partial charge in [0.05, 0.1) is 23.3 Å². The van der Waals surface area contributed by atoms with Crippen molar-refractivity contribution in [3.05, 3.63) is 39.9 Å². The minimum absolute atomic E-state index is 0.00942. The van der Waals surface area contributed by atoms with Crippen LogP contribution in [0.15, 0.2) is 24.3 Å². The Hall–Kier alpha value is -1.07. The third kappa shape index (κ3) is 6.39. The molecule has 0 heterocycles.